The van der Waals surface area contributed by atoms with Crippen molar-refractivity contribution in [2.45, 2.75) is 59.0 Å². The van der Waals surface area contributed by atoms with Gasteiger partial charge in [0, 0.05) is 36.5 Å². The first-order valence-electron chi connectivity index (χ1n) is 9.72. The van der Waals surface area contributed by atoms with Crippen LogP contribution in [0.2, 0.25) is 0 Å². The van der Waals surface area contributed by atoms with Crippen molar-refractivity contribution < 1.29 is 9.32 Å². The predicted octanol–water partition coefficient (Wildman–Crippen LogP) is 2.83. The van der Waals surface area contributed by atoms with Crippen molar-refractivity contribution in [1.29, 1.82) is 0 Å². The van der Waals surface area contributed by atoms with Gasteiger partial charge in [-0.3, -0.25) is 4.79 Å². The zero-order valence-corrected chi connectivity index (χ0v) is 16.5. The molecule has 2 unspecified atom stereocenters. The van der Waals surface area contributed by atoms with Crippen LogP contribution in [0.3, 0.4) is 0 Å². The van der Waals surface area contributed by atoms with Gasteiger partial charge in [-0.05, 0) is 32.6 Å². The van der Waals surface area contributed by atoms with Gasteiger partial charge in [0.2, 0.25) is 5.91 Å². The summed E-state index contributed by atoms with van der Waals surface area (Å²) in [6.07, 6.45) is 5.49. The average Bonchev–Trinajstić information content (AvgIpc) is 2.83. The van der Waals surface area contributed by atoms with E-state index in [0.717, 1.165) is 54.3 Å². The molecule has 5 rings (SSSR count). The van der Waals surface area contributed by atoms with Crippen molar-refractivity contribution in [3.05, 3.63) is 35.1 Å². The molecule has 2 aromatic rings. The molecule has 2 aromatic heterocycles. The summed E-state index contributed by atoms with van der Waals surface area (Å²) in [5.41, 5.74) is 3.05. The normalized spacial score (nSPS) is 22.6. The Hall–Kier alpha value is -2.44. The van der Waals surface area contributed by atoms with Crippen LogP contribution < -0.4 is 4.90 Å². The van der Waals surface area contributed by atoms with E-state index < -0.39 is 0 Å². The average molecular weight is 369 g/mol. The third kappa shape index (κ3) is 3.19. The van der Waals surface area contributed by atoms with Crippen molar-refractivity contribution in [3.8, 4) is 0 Å². The fourth-order valence-corrected chi connectivity index (χ4v) is 4.32. The molecule has 3 fully saturated rings. The molecule has 0 N–H and O–H groups in total. The fourth-order valence-electron chi connectivity index (χ4n) is 4.32. The first-order valence-corrected chi connectivity index (χ1v) is 9.72. The molecule has 0 saturated carbocycles. The highest BCUT2D eigenvalue weighted by molar-refractivity contribution is 5.81. The fraction of sp³-hybridized carbons (Fsp3) is 0.600. The van der Waals surface area contributed by atoms with Crippen molar-refractivity contribution in [2.75, 3.05) is 18.0 Å². The van der Waals surface area contributed by atoms with Crippen molar-refractivity contribution in [1.82, 2.24) is 20.0 Å². The van der Waals surface area contributed by atoms with Crippen LogP contribution >= 0.6 is 0 Å². The second kappa shape index (κ2) is 6.94. The quantitative estimate of drug-likeness (QED) is 0.825. The van der Waals surface area contributed by atoms with Crippen LogP contribution in [0, 0.1) is 19.8 Å². The summed E-state index contributed by atoms with van der Waals surface area (Å²) in [6, 6.07) is 0.180. The Labute approximate surface area is 159 Å². The Morgan fingerprint density at radius 2 is 2.07 bits per heavy atom. The molecule has 5 heterocycles. The number of rotatable bonds is 4. The van der Waals surface area contributed by atoms with E-state index in [2.05, 4.69) is 33.9 Å². The number of aromatic nitrogens is 3. The smallest absolute Gasteiger partial charge is 0.228 e. The van der Waals surface area contributed by atoms with Crippen LogP contribution in [0.4, 0.5) is 5.82 Å². The lowest BCUT2D eigenvalue weighted by Crippen LogP contribution is -2.47. The lowest BCUT2D eigenvalue weighted by molar-refractivity contribution is -0.140. The number of hydrogen-bond acceptors (Lipinski definition) is 6. The highest BCUT2D eigenvalue weighted by Gasteiger charge is 2.41. The Morgan fingerprint density at radius 3 is 2.78 bits per heavy atom. The van der Waals surface area contributed by atoms with Gasteiger partial charge in [-0.1, -0.05) is 19.0 Å². The first kappa shape index (κ1) is 17.9. The van der Waals surface area contributed by atoms with Crippen molar-refractivity contribution in [2.24, 2.45) is 5.92 Å². The molecule has 3 aliphatic rings. The molecule has 3 saturated heterocycles. The van der Waals surface area contributed by atoms with Gasteiger partial charge in [0.15, 0.2) is 0 Å². The van der Waals surface area contributed by atoms with Crippen LogP contribution in [0.1, 0.15) is 55.2 Å². The van der Waals surface area contributed by atoms with Crippen LogP contribution in [0.25, 0.3) is 0 Å². The lowest BCUT2D eigenvalue weighted by Gasteiger charge is -2.36. The third-order valence-corrected chi connectivity index (χ3v) is 5.94. The summed E-state index contributed by atoms with van der Waals surface area (Å²) in [6.45, 7) is 10.3. The van der Waals surface area contributed by atoms with Crippen molar-refractivity contribution in [3.63, 3.8) is 0 Å². The number of amides is 1. The van der Waals surface area contributed by atoms with E-state index in [1.807, 2.05) is 24.9 Å². The molecule has 3 aliphatic heterocycles. The van der Waals surface area contributed by atoms with E-state index in [4.69, 9.17) is 4.52 Å². The van der Waals surface area contributed by atoms with Gasteiger partial charge in [0.25, 0.3) is 0 Å². The molecular weight excluding hydrogens is 342 g/mol. The standard InChI is InChI=1S/C20H27N5O2/c1-12(2)17-7-21-11-22-19(17)24-8-15-5-6-16(9-24)25(20(15)26)10-18-13(3)23-27-14(18)4/h7,11-12,15-16H,5-6,8-10H2,1-4H3. The van der Waals surface area contributed by atoms with Crippen molar-refractivity contribution >= 4 is 11.7 Å². The van der Waals surface area contributed by atoms with E-state index in [0.29, 0.717) is 12.5 Å². The maximum absolute atomic E-state index is 13.2. The summed E-state index contributed by atoms with van der Waals surface area (Å²) in [7, 11) is 0. The van der Waals surface area contributed by atoms with E-state index in [1.54, 1.807) is 6.33 Å². The molecule has 144 valence electrons. The number of piperidine rings is 1. The minimum absolute atomic E-state index is 0.0131. The van der Waals surface area contributed by atoms with E-state index in [-0.39, 0.29) is 17.9 Å². The largest absolute Gasteiger partial charge is 0.361 e. The number of fused-ring (bicyclic) bond motifs is 4. The molecular formula is C20H27N5O2. The van der Waals surface area contributed by atoms with Gasteiger partial charge < -0.3 is 14.3 Å². The Morgan fingerprint density at radius 1 is 1.26 bits per heavy atom. The Kier molecular flexibility index (Phi) is 4.61. The second-order valence-corrected chi connectivity index (χ2v) is 8.06. The molecule has 0 aromatic carbocycles. The number of nitrogens with zero attached hydrogens (tertiary/aromatic N) is 5. The summed E-state index contributed by atoms with van der Waals surface area (Å²) in [5.74, 6) is 2.38. The SMILES string of the molecule is Cc1noc(C)c1CN1C(=O)C2CCC1CN(c1ncncc1C(C)C)C2. The summed E-state index contributed by atoms with van der Waals surface area (Å²) in [5, 5.41) is 4.05. The van der Waals surface area contributed by atoms with Gasteiger partial charge in [-0.15, -0.1) is 0 Å². The Bertz CT molecular complexity index is 827. The molecule has 0 aliphatic carbocycles. The van der Waals surface area contributed by atoms with Gasteiger partial charge >= 0.3 is 0 Å². The van der Waals surface area contributed by atoms with E-state index in [9.17, 15) is 4.79 Å². The highest BCUT2D eigenvalue weighted by atomic mass is 16.5. The summed E-state index contributed by atoms with van der Waals surface area (Å²) < 4.78 is 5.30. The molecule has 7 nitrogen and oxygen atoms in total. The van der Waals surface area contributed by atoms with Gasteiger partial charge in [0.1, 0.15) is 17.9 Å². The zero-order chi connectivity index (χ0) is 19.1. The van der Waals surface area contributed by atoms with Crippen LogP contribution in [-0.2, 0) is 11.3 Å². The second-order valence-electron chi connectivity index (χ2n) is 8.06. The number of aryl methyl sites for hydroxylation is 2. The minimum Gasteiger partial charge on any atom is -0.361 e. The maximum atomic E-state index is 13.2. The number of carbonyl (C=O) groups is 1. The topological polar surface area (TPSA) is 75.4 Å². The van der Waals surface area contributed by atoms with Crippen LogP contribution in [0.5, 0.6) is 0 Å². The lowest BCUT2D eigenvalue weighted by atomic mass is 9.93. The molecule has 27 heavy (non-hydrogen) atoms. The first-order chi connectivity index (χ1) is 13.0. The van der Waals surface area contributed by atoms with Gasteiger partial charge in [-0.25, -0.2) is 9.97 Å². The van der Waals surface area contributed by atoms with Gasteiger partial charge in [0.05, 0.1) is 18.2 Å². The van der Waals surface area contributed by atoms with E-state index >= 15 is 0 Å². The molecule has 1 amide bonds. The highest BCUT2D eigenvalue weighted by Crippen LogP contribution is 2.34. The van der Waals surface area contributed by atoms with Crippen LogP contribution in [-0.4, -0.2) is 45.1 Å². The summed E-state index contributed by atoms with van der Waals surface area (Å²) >= 11 is 0. The predicted molar refractivity (Wildman–Crippen MR) is 101 cm³/mol. The number of hydrogen-bond donors (Lipinski definition) is 0. The number of carbonyl (C=O) groups excluding carboxylic acids is 1. The third-order valence-electron chi connectivity index (χ3n) is 5.94. The zero-order valence-electron chi connectivity index (χ0n) is 16.5. The maximum Gasteiger partial charge on any atom is 0.228 e. The molecule has 2 bridgehead atoms. The molecule has 0 spiro atoms. The summed E-state index contributed by atoms with van der Waals surface area (Å²) in [4.78, 5) is 26.3. The molecule has 2 atom stereocenters. The molecule has 7 heteroatoms. The monoisotopic (exact) mass is 369 g/mol. The number of anilines is 1. The Balaban J connectivity index is 1.63. The molecule has 0 radical (unpaired) electrons. The van der Waals surface area contributed by atoms with Gasteiger partial charge in [-0.2, -0.15) is 0 Å². The van der Waals surface area contributed by atoms with E-state index in [1.165, 1.54) is 0 Å². The minimum atomic E-state index is 0.0131. The van der Waals surface area contributed by atoms with Crippen LogP contribution in [0.15, 0.2) is 17.0 Å².